The molecule has 0 aliphatic rings. The van der Waals surface area contributed by atoms with Gasteiger partial charge < -0.3 is 15.9 Å². The van der Waals surface area contributed by atoms with Crippen LogP contribution in [0.25, 0.3) is 5.52 Å². The summed E-state index contributed by atoms with van der Waals surface area (Å²) in [4.78, 5) is 24.2. The summed E-state index contributed by atoms with van der Waals surface area (Å²) in [6.07, 6.45) is 1.72. The number of hydrogen-bond donors (Lipinski definition) is 2. The fourth-order valence-electron chi connectivity index (χ4n) is 2.37. The topological polar surface area (TPSA) is 90.6 Å². The second-order valence-electron chi connectivity index (χ2n) is 4.68. The van der Waals surface area contributed by atoms with Gasteiger partial charge in [-0.2, -0.15) is 0 Å². The molecule has 5 heteroatoms. The average Bonchev–Trinajstić information content (AvgIpc) is 2.87. The number of rotatable bonds is 3. The Balaban J connectivity index is 2.24. The van der Waals surface area contributed by atoms with E-state index in [1.54, 1.807) is 53.1 Å². The zero-order chi connectivity index (χ0) is 15.0. The highest BCUT2D eigenvalue weighted by atomic mass is 16.1. The van der Waals surface area contributed by atoms with Crippen molar-refractivity contribution in [3.8, 4) is 0 Å². The Morgan fingerprint density at radius 2 is 1.67 bits per heavy atom. The first-order valence-corrected chi connectivity index (χ1v) is 6.38. The van der Waals surface area contributed by atoms with E-state index >= 15 is 0 Å². The Bertz CT molecular complexity index is 865. The maximum atomic E-state index is 12.7. The lowest BCUT2D eigenvalue weighted by molar-refractivity contribution is 0.100. The summed E-state index contributed by atoms with van der Waals surface area (Å²) in [6, 6.07) is 13.6. The van der Waals surface area contributed by atoms with Crippen LogP contribution < -0.4 is 11.5 Å². The summed E-state index contributed by atoms with van der Waals surface area (Å²) in [5.74, 6) is -0.819. The molecule has 0 saturated carbocycles. The second-order valence-corrected chi connectivity index (χ2v) is 4.68. The number of nitrogens with zero attached hydrogens (tertiary/aromatic N) is 1. The molecule has 5 nitrogen and oxygen atoms in total. The molecule has 0 fully saturated rings. The summed E-state index contributed by atoms with van der Waals surface area (Å²) < 4.78 is 1.65. The van der Waals surface area contributed by atoms with Crippen molar-refractivity contribution in [3.63, 3.8) is 0 Å². The highest BCUT2D eigenvalue weighted by Gasteiger charge is 2.20. The van der Waals surface area contributed by atoms with E-state index in [1.165, 1.54) is 6.07 Å². The standard InChI is InChI=1S/C16H13N3O2/c17-12-6-2-1-5-10(12)15(20)14-9-11(16(18)21)13-7-3-4-8-19(13)14/h1-9H,17H2,(H2,18,21). The number of para-hydroxylation sites is 1. The van der Waals surface area contributed by atoms with Gasteiger partial charge in [0, 0.05) is 17.4 Å². The number of carbonyl (C=O) groups is 2. The molecule has 2 aromatic heterocycles. The van der Waals surface area contributed by atoms with Gasteiger partial charge in [-0.1, -0.05) is 18.2 Å². The molecule has 3 rings (SSSR count). The van der Waals surface area contributed by atoms with Gasteiger partial charge in [0.25, 0.3) is 5.91 Å². The van der Waals surface area contributed by atoms with Crippen molar-refractivity contribution >= 4 is 22.9 Å². The number of aromatic nitrogens is 1. The molecule has 1 amide bonds. The Morgan fingerprint density at radius 1 is 0.952 bits per heavy atom. The van der Waals surface area contributed by atoms with Crippen molar-refractivity contribution < 1.29 is 9.59 Å². The zero-order valence-electron chi connectivity index (χ0n) is 11.1. The number of pyridine rings is 1. The first kappa shape index (κ1) is 12.9. The molecule has 0 radical (unpaired) electrons. The number of anilines is 1. The van der Waals surface area contributed by atoms with Crippen molar-refractivity contribution in [2.45, 2.75) is 0 Å². The Hall–Kier alpha value is -3.08. The normalized spacial score (nSPS) is 10.7. The predicted molar refractivity (Wildman–Crippen MR) is 80.2 cm³/mol. The molecule has 0 aliphatic heterocycles. The van der Waals surface area contributed by atoms with Gasteiger partial charge in [-0.3, -0.25) is 9.59 Å². The third-order valence-electron chi connectivity index (χ3n) is 3.38. The number of benzene rings is 1. The molecule has 0 aliphatic carbocycles. The maximum Gasteiger partial charge on any atom is 0.250 e. The molecular formula is C16H13N3O2. The minimum Gasteiger partial charge on any atom is -0.398 e. The molecule has 21 heavy (non-hydrogen) atoms. The van der Waals surface area contributed by atoms with E-state index in [-0.39, 0.29) is 5.78 Å². The summed E-state index contributed by atoms with van der Waals surface area (Å²) in [5, 5.41) is 0. The van der Waals surface area contributed by atoms with Crippen molar-refractivity contribution in [1.29, 1.82) is 0 Å². The Kier molecular flexibility index (Phi) is 2.95. The van der Waals surface area contributed by atoms with Crippen LogP contribution in [0.3, 0.4) is 0 Å². The smallest absolute Gasteiger partial charge is 0.250 e. The molecule has 2 heterocycles. The van der Waals surface area contributed by atoms with E-state index in [0.29, 0.717) is 28.0 Å². The lowest BCUT2D eigenvalue weighted by Crippen LogP contribution is -2.10. The first-order valence-electron chi connectivity index (χ1n) is 6.38. The Labute approximate surface area is 120 Å². The lowest BCUT2D eigenvalue weighted by atomic mass is 10.1. The van der Waals surface area contributed by atoms with Gasteiger partial charge in [0.05, 0.1) is 16.8 Å². The number of primary amides is 1. The van der Waals surface area contributed by atoms with Crippen LogP contribution in [0.2, 0.25) is 0 Å². The van der Waals surface area contributed by atoms with E-state index in [2.05, 4.69) is 0 Å². The fraction of sp³-hybridized carbons (Fsp3) is 0. The minimum absolute atomic E-state index is 0.248. The van der Waals surface area contributed by atoms with Crippen molar-refractivity contribution in [3.05, 3.63) is 71.5 Å². The van der Waals surface area contributed by atoms with Gasteiger partial charge in [0.1, 0.15) is 0 Å². The highest BCUT2D eigenvalue weighted by Crippen LogP contribution is 2.21. The van der Waals surface area contributed by atoms with E-state index in [0.717, 1.165) is 0 Å². The monoisotopic (exact) mass is 279 g/mol. The van der Waals surface area contributed by atoms with Crippen LogP contribution in [0.1, 0.15) is 26.4 Å². The van der Waals surface area contributed by atoms with Gasteiger partial charge in [0.15, 0.2) is 0 Å². The number of nitrogen functional groups attached to an aromatic ring is 1. The van der Waals surface area contributed by atoms with Crippen LogP contribution in [-0.2, 0) is 0 Å². The quantitative estimate of drug-likeness (QED) is 0.566. The minimum atomic E-state index is -0.571. The number of carbonyl (C=O) groups excluding carboxylic acids is 2. The van der Waals surface area contributed by atoms with Gasteiger partial charge in [0.2, 0.25) is 5.78 Å². The number of ketones is 1. The number of fused-ring (bicyclic) bond motifs is 1. The third-order valence-corrected chi connectivity index (χ3v) is 3.38. The van der Waals surface area contributed by atoms with Crippen LogP contribution in [0.15, 0.2) is 54.7 Å². The highest BCUT2D eigenvalue weighted by molar-refractivity contribution is 6.14. The summed E-state index contributed by atoms with van der Waals surface area (Å²) in [7, 11) is 0. The summed E-state index contributed by atoms with van der Waals surface area (Å²) in [6.45, 7) is 0. The van der Waals surface area contributed by atoms with Gasteiger partial charge in [-0.15, -0.1) is 0 Å². The van der Waals surface area contributed by atoms with Crippen LogP contribution in [0, 0.1) is 0 Å². The SMILES string of the molecule is NC(=O)c1cc(C(=O)c2ccccc2N)n2ccccc12. The maximum absolute atomic E-state index is 12.7. The number of hydrogen-bond acceptors (Lipinski definition) is 3. The average molecular weight is 279 g/mol. The Morgan fingerprint density at radius 3 is 2.38 bits per heavy atom. The summed E-state index contributed by atoms with van der Waals surface area (Å²) in [5.41, 5.74) is 13.3. The number of nitrogens with two attached hydrogens (primary N) is 2. The van der Waals surface area contributed by atoms with Crippen molar-refractivity contribution in [2.24, 2.45) is 5.73 Å². The largest absolute Gasteiger partial charge is 0.398 e. The second kappa shape index (κ2) is 4.79. The lowest BCUT2D eigenvalue weighted by Gasteiger charge is -2.04. The van der Waals surface area contributed by atoms with Gasteiger partial charge in [-0.05, 0) is 30.3 Å². The molecule has 104 valence electrons. The predicted octanol–water partition coefficient (Wildman–Crippen LogP) is 1.85. The first-order chi connectivity index (χ1) is 10.1. The molecule has 0 unspecified atom stereocenters. The fourth-order valence-corrected chi connectivity index (χ4v) is 2.37. The van der Waals surface area contributed by atoms with Gasteiger partial charge >= 0.3 is 0 Å². The van der Waals surface area contributed by atoms with E-state index in [1.807, 2.05) is 0 Å². The van der Waals surface area contributed by atoms with E-state index in [4.69, 9.17) is 11.5 Å². The third kappa shape index (κ3) is 2.04. The molecular weight excluding hydrogens is 266 g/mol. The molecule has 0 saturated heterocycles. The van der Waals surface area contributed by atoms with Crippen LogP contribution >= 0.6 is 0 Å². The van der Waals surface area contributed by atoms with E-state index < -0.39 is 5.91 Å². The van der Waals surface area contributed by atoms with Crippen LogP contribution in [0.4, 0.5) is 5.69 Å². The van der Waals surface area contributed by atoms with Crippen LogP contribution in [-0.4, -0.2) is 16.1 Å². The molecule has 3 aromatic rings. The molecule has 0 spiro atoms. The molecule has 4 N–H and O–H groups in total. The molecule has 0 bridgehead atoms. The van der Waals surface area contributed by atoms with Crippen molar-refractivity contribution in [2.75, 3.05) is 5.73 Å². The zero-order valence-corrected chi connectivity index (χ0v) is 11.1. The molecule has 0 atom stereocenters. The van der Waals surface area contributed by atoms with Crippen LogP contribution in [0.5, 0.6) is 0 Å². The molecule has 1 aromatic carbocycles. The van der Waals surface area contributed by atoms with E-state index in [9.17, 15) is 9.59 Å². The van der Waals surface area contributed by atoms with Gasteiger partial charge in [-0.25, -0.2) is 0 Å². The summed E-state index contributed by atoms with van der Waals surface area (Å²) >= 11 is 0. The number of amides is 1. The van der Waals surface area contributed by atoms with Crippen molar-refractivity contribution in [1.82, 2.24) is 4.40 Å².